The van der Waals surface area contributed by atoms with Crippen LogP contribution in [-0.2, 0) is 5.41 Å². The molecule has 0 atom stereocenters. The first-order valence-corrected chi connectivity index (χ1v) is 21.4. The first-order valence-electron chi connectivity index (χ1n) is 21.4. The number of nitrogens with zero attached hydrogens (tertiary/aromatic N) is 4. The molecule has 0 amide bonds. The minimum Gasteiger partial charge on any atom is -0.455 e. The van der Waals surface area contributed by atoms with Crippen LogP contribution in [0.3, 0.4) is 0 Å². The van der Waals surface area contributed by atoms with Crippen LogP contribution in [0.5, 0.6) is 0 Å². The molecule has 2 aliphatic rings. The first-order chi connectivity index (χ1) is 31.2. The van der Waals surface area contributed by atoms with Crippen LogP contribution in [0.25, 0.3) is 106 Å². The van der Waals surface area contributed by atoms with Gasteiger partial charge in [0.15, 0.2) is 11.6 Å². The van der Waals surface area contributed by atoms with Crippen LogP contribution >= 0.6 is 0 Å². The second-order valence-electron chi connectivity index (χ2n) is 16.7. The minimum atomic E-state index is -0.490. The number of rotatable bonds is 4. The second-order valence-corrected chi connectivity index (χ2v) is 16.7. The SMILES string of the molecule is c1ccc(-c2nc(-c3ccc4c(c3)oc3c(-c5ccccc5)cccc34)nc(-n3c4ccccc4c4cc5c(cc43)C3(c4ccccc4-c4ccccc43)c3ccccc3-5)n2)cc1. The maximum Gasteiger partial charge on any atom is 0.238 e. The maximum atomic E-state index is 6.72. The summed E-state index contributed by atoms with van der Waals surface area (Å²) in [6, 6.07) is 73.6. The number of hydrogen-bond donors (Lipinski definition) is 0. The van der Waals surface area contributed by atoms with Crippen molar-refractivity contribution >= 4 is 43.7 Å². The van der Waals surface area contributed by atoms with Gasteiger partial charge in [-0.1, -0.05) is 176 Å². The molecule has 1 spiro atoms. The second kappa shape index (κ2) is 12.8. The summed E-state index contributed by atoms with van der Waals surface area (Å²) in [5.41, 5.74) is 17.4. The van der Waals surface area contributed by atoms with Crippen molar-refractivity contribution in [1.82, 2.24) is 19.5 Å². The zero-order chi connectivity index (χ0) is 41.2. The van der Waals surface area contributed by atoms with Crippen molar-refractivity contribution < 1.29 is 4.42 Å². The molecular formula is C58H34N4O. The first kappa shape index (κ1) is 34.3. The molecule has 12 aromatic rings. The standard InChI is InChI=1S/C58H34N4O/c1-3-16-35(17-4-1)38-24-15-25-44-43-31-30-37(32-53(43)63-54(38)44)56-59-55(36-18-5-2-6-19-36)60-57(61-56)62-51-29-14-10-23-42(51)46-33-45-41-22-9-13-28-49(41)58(50(45)34-52(46)62)47-26-11-7-20-39(47)40-21-8-12-27-48(40)58/h1-34H. The van der Waals surface area contributed by atoms with E-state index < -0.39 is 5.41 Å². The average molecular weight is 803 g/mol. The van der Waals surface area contributed by atoms with E-state index in [1.807, 2.05) is 24.3 Å². The molecule has 0 radical (unpaired) electrons. The van der Waals surface area contributed by atoms with Crippen molar-refractivity contribution in [3.63, 3.8) is 0 Å². The predicted octanol–water partition coefficient (Wildman–Crippen LogP) is 14.2. The number of fused-ring (bicyclic) bond motifs is 16. The fourth-order valence-corrected chi connectivity index (χ4v) is 10.9. The maximum absolute atomic E-state index is 6.72. The highest BCUT2D eigenvalue weighted by atomic mass is 16.3. The smallest absolute Gasteiger partial charge is 0.238 e. The van der Waals surface area contributed by atoms with E-state index in [9.17, 15) is 0 Å². The van der Waals surface area contributed by atoms with Gasteiger partial charge in [0.25, 0.3) is 0 Å². The van der Waals surface area contributed by atoms with Gasteiger partial charge in [0.05, 0.1) is 16.4 Å². The molecule has 63 heavy (non-hydrogen) atoms. The lowest BCUT2D eigenvalue weighted by molar-refractivity contribution is 0.670. The van der Waals surface area contributed by atoms with Crippen molar-refractivity contribution in [2.75, 3.05) is 0 Å². The molecule has 0 fully saturated rings. The van der Waals surface area contributed by atoms with Crippen molar-refractivity contribution in [2.24, 2.45) is 0 Å². The van der Waals surface area contributed by atoms with E-state index >= 15 is 0 Å². The van der Waals surface area contributed by atoms with Gasteiger partial charge in [-0.2, -0.15) is 9.97 Å². The molecule has 0 saturated carbocycles. The molecule has 0 unspecified atom stereocenters. The summed E-state index contributed by atoms with van der Waals surface area (Å²) in [6.45, 7) is 0. The normalized spacial score (nSPS) is 13.2. The molecule has 3 aromatic heterocycles. The van der Waals surface area contributed by atoms with Crippen LogP contribution in [0, 0.1) is 0 Å². The molecule has 9 aromatic carbocycles. The van der Waals surface area contributed by atoms with Crippen LogP contribution in [0.2, 0.25) is 0 Å². The predicted molar refractivity (Wildman–Crippen MR) is 254 cm³/mol. The number of furan rings is 1. The molecule has 2 aliphatic carbocycles. The van der Waals surface area contributed by atoms with Crippen LogP contribution in [0.1, 0.15) is 22.3 Å². The third kappa shape index (κ3) is 4.68. The topological polar surface area (TPSA) is 56.7 Å². The van der Waals surface area contributed by atoms with E-state index in [1.165, 1.54) is 44.5 Å². The summed E-state index contributed by atoms with van der Waals surface area (Å²) in [5, 5.41) is 4.41. The van der Waals surface area contributed by atoms with Gasteiger partial charge < -0.3 is 4.42 Å². The Labute approximate surface area is 362 Å². The van der Waals surface area contributed by atoms with Crippen molar-refractivity contribution in [3.05, 3.63) is 229 Å². The van der Waals surface area contributed by atoms with Crippen LogP contribution in [-0.4, -0.2) is 19.5 Å². The van der Waals surface area contributed by atoms with Gasteiger partial charge in [0, 0.05) is 38.2 Å². The molecule has 0 saturated heterocycles. The third-order valence-corrected chi connectivity index (χ3v) is 13.5. The molecule has 0 N–H and O–H groups in total. The van der Waals surface area contributed by atoms with Gasteiger partial charge in [-0.3, -0.25) is 4.57 Å². The highest BCUT2D eigenvalue weighted by Gasteiger charge is 2.51. The van der Waals surface area contributed by atoms with Gasteiger partial charge >= 0.3 is 0 Å². The Hall–Kier alpha value is -8.41. The summed E-state index contributed by atoms with van der Waals surface area (Å²) in [6.07, 6.45) is 0. The fourth-order valence-electron chi connectivity index (χ4n) is 10.9. The van der Waals surface area contributed by atoms with Gasteiger partial charge in [-0.15, -0.1) is 0 Å². The number of hydrogen-bond acceptors (Lipinski definition) is 4. The van der Waals surface area contributed by atoms with Crippen molar-refractivity contribution in [3.8, 4) is 62.1 Å². The van der Waals surface area contributed by atoms with Crippen molar-refractivity contribution in [2.45, 2.75) is 5.41 Å². The molecule has 0 bridgehead atoms. The lowest BCUT2D eigenvalue weighted by Gasteiger charge is -2.30. The van der Waals surface area contributed by atoms with E-state index in [0.717, 1.165) is 66.0 Å². The number of aromatic nitrogens is 4. The third-order valence-electron chi connectivity index (χ3n) is 13.5. The molecule has 3 heterocycles. The van der Waals surface area contributed by atoms with E-state index in [0.29, 0.717) is 17.6 Å². The average Bonchev–Trinajstić information content (AvgIpc) is 4.07. The monoisotopic (exact) mass is 802 g/mol. The fraction of sp³-hybridized carbons (Fsp3) is 0.0172. The zero-order valence-electron chi connectivity index (χ0n) is 33.8. The molecule has 0 aliphatic heterocycles. The summed E-state index contributed by atoms with van der Waals surface area (Å²) < 4.78 is 8.97. The highest BCUT2D eigenvalue weighted by molar-refractivity contribution is 6.13. The number of para-hydroxylation sites is 2. The summed E-state index contributed by atoms with van der Waals surface area (Å²) in [7, 11) is 0. The van der Waals surface area contributed by atoms with E-state index in [-0.39, 0.29) is 0 Å². The Balaban J connectivity index is 1.03. The zero-order valence-corrected chi connectivity index (χ0v) is 33.8. The van der Waals surface area contributed by atoms with Crippen molar-refractivity contribution in [1.29, 1.82) is 0 Å². The Bertz CT molecular complexity index is 3820. The lowest BCUT2D eigenvalue weighted by Crippen LogP contribution is -2.25. The van der Waals surface area contributed by atoms with Gasteiger partial charge in [0.1, 0.15) is 11.2 Å². The minimum absolute atomic E-state index is 0.490. The van der Waals surface area contributed by atoms with E-state index in [2.05, 4.69) is 187 Å². The summed E-state index contributed by atoms with van der Waals surface area (Å²) in [4.78, 5) is 15.9. The van der Waals surface area contributed by atoms with Crippen LogP contribution in [0.4, 0.5) is 0 Å². The highest BCUT2D eigenvalue weighted by Crippen LogP contribution is 2.63. The lowest BCUT2D eigenvalue weighted by atomic mass is 9.70. The van der Waals surface area contributed by atoms with Gasteiger partial charge in [-0.05, 0) is 80.4 Å². The van der Waals surface area contributed by atoms with Crippen LogP contribution < -0.4 is 0 Å². The Morgan fingerprint density at radius 3 is 1.63 bits per heavy atom. The molecular weight excluding hydrogens is 769 g/mol. The molecule has 5 nitrogen and oxygen atoms in total. The van der Waals surface area contributed by atoms with E-state index in [1.54, 1.807) is 0 Å². The summed E-state index contributed by atoms with van der Waals surface area (Å²) in [5.74, 6) is 1.72. The molecule has 5 heteroatoms. The Morgan fingerprint density at radius 1 is 0.349 bits per heavy atom. The van der Waals surface area contributed by atoms with Gasteiger partial charge in [-0.25, -0.2) is 4.98 Å². The Morgan fingerprint density at radius 2 is 0.921 bits per heavy atom. The van der Waals surface area contributed by atoms with Crippen LogP contribution in [0.15, 0.2) is 211 Å². The summed E-state index contributed by atoms with van der Waals surface area (Å²) >= 11 is 0. The van der Waals surface area contributed by atoms with E-state index in [4.69, 9.17) is 19.4 Å². The Kier molecular flexibility index (Phi) is 6.97. The quantitative estimate of drug-likeness (QED) is 0.178. The largest absolute Gasteiger partial charge is 0.455 e. The van der Waals surface area contributed by atoms with Gasteiger partial charge in [0.2, 0.25) is 5.95 Å². The molecule has 14 rings (SSSR count). The molecule has 292 valence electrons. The number of benzene rings is 9.